The van der Waals surface area contributed by atoms with E-state index in [0.29, 0.717) is 22.4 Å². The number of rotatable bonds is 3. The van der Waals surface area contributed by atoms with E-state index in [4.69, 9.17) is 0 Å². The van der Waals surface area contributed by atoms with Crippen LogP contribution in [0.5, 0.6) is 0 Å². The molecule has 1 heterocycles. The Morgan fingerprint density at radius 3 is 2.74 bits per heavy atom. The number of amides is 1. The maximum atomic E-state index is 13.7. The predicted octanol–water partition coefficient (Wildman–Crippen LogP) is 2.28. The van der Waals surface area contributed by atoms with Crippen LogP contribution in [0.25, 0.3) is 0 Å². The van der Waals surface area contributed by atoms with Gasteiger partial charge in [0.05, 0.1) is 5.56 Å². The number of carbonyl (C=O) groups is 2. The third-order valence-electron chi connectivity index (χ3n) is 2.97. The first-order valence-corrected chi connectivity index (χ1v) is 7.49. The van der Waals surface area contributed by atoms with Crippen LogP contribution < -0.4 is 5.32 Å². The number of carboxylic acids is 1. The zero-order chi connectivity index (χ0) is 14.0. The first-order chi connectivity index (χ1) is 8.96. The van der Waals surface area contributed by atoms with Crippen molar-refractivity contribution in [2.24, 2.45) is 0 Å². The Labute approximate surface area is 121 Å². The summed E-state index contributed by atoms with van der Waals surface area (Å²) in [4.78, 5) is 23.4. The van der Waals surface area contributed by atoms with Gasteiger partial charge in [-0.3, -0.25) is 4.79 Å². The molecule has 0 spiro atoms. The number of carbonyl (C=O) groups excluding carboxylic acids is 1. The molecule has 1 aliphatic rings. The van der Waals surface area contributed by atoms with Crippen LogP contribution in [0.3, 0.4) is 0 Å². The van der Waals surface area contributed by atoms with Crippen LogP contribution in [0.1, 0.15) is 16.8 Å². The van der Waals surface area contributed by atoms with Gasteiger partial charge in [0, 0.05) is 10.2 Å². The molecule has 1 aliphatic heterocycles. The number of halogens is 2. The van der Waals surface area contributed by atoms with E-state index in [-0.39, 0.29) is 5.56 Å². The Morgan fingerprint density at radius 2 is 2.21 bits per heavy atom. The van der Waals surface area contributed by atoms with Gasteiger partial charge in [-0.05, 0) is 40.2 Å². The predicted molar refractivity (Wildman–Crippen MR) is 73.9 cm³/mol. The zero-order valence-corrected chi connectivity index (χ0v) is 12.2. The summed E-state index contributed by atoms with van der Waals surface area (Å²) in [5, 5.41) is 11.7. The van der Waals surface area contributed by atoms with Crippen molar-refractivity contribution in [2.75, 3.05) is 11.5 Å². The van der Waals surface area contributed by atoms with Gasteiger partial charge in [0.15, 0.2) is 0 Å². The molecule has 7 heteroatoms. The molecule has 0 radical (unpaired) electrons. The number of nitrogens with one attached hydrogen (secondary N) is 1. The van der Waals surface area contributed by atoms with Gasteiger partial charge in [0.1, 0.15) is 11.4 Å². The van der Waals surface area contributed by atoms with Crippen molar-refractivity contribution in [2.45, 2.75) is 12.0 Å². The summed E-state index contributed by atoms with van der Waals surface area (Å²) < 4.78 is 14.0. The largest absolute Gasteiger partial charge is 0.479 e. The Bertz CT molecular complexity index is 511. The van der Waals surface area contributed by atoms with Crippen molar-refractivity contribution in [3.63, 3.8) is 0 Å². The second-order valence-electron chi connectivity index (χ2n) is 4.24. The normalized spacial score (nSPS) is 22.2. The third kappa shape index (κ3) is 2.76. The molecule has 4 nitrogen and oxygen atoms in total. The van der Waals surface area contributed by atoms with E-state index in [9.17, 15) is 19.1 Å². The summed E-state index contributed by atoms with van der Waals surface area (Å²) in [6.07, 6.45) is 0.338. The molecule has 2 N–H and O–H groups in total. The van der Waals surface area contributed by atoms with Crippen molar-refractivity contribution >= 4 is 39.6 Å². The summed E-state index contributed by atoms with van der Waals surface area (Å²) in [6.45, 7) is 0. The number of thioether (sulfide) groups is 1. The molecular formula is C12H11BrFNO3S. The first kappa shape index (κ1) is 14.3. The number of carboxylic acid groups (broad SMARTS) is 1. The minimum Gasteiger partial charge on any atom is -0.479 e. The minimum absolute atomic E-state index is 0.167. The highest BCUT2D eigenvalue weighted by atomic mass is 79.9. The Balaban J connectivity index is 2.28. The summed E-state index contributed by atoms with van der Waals surface area (Å²) in [5.74, 6) is -1.53. The molecule has 19 heavy (non-hydrogen) atoms. The van der Waals surface area contributed by atoms with Crippen molar-refractivity contribution in [3.8, 4) is 0 Å². The molecule has 2 rings (SSSR count). The minimum atomic E-state index is -1.30. The van der Waals surface area contributed by atoms with Crippen LogP contribution in [-0.2, 0) is 4.79 Å². The van der Waals surface area contributed by atoms with Crippen LogP contribution in [0.2, 0.25) is 0 Å². The van der Waals surface area contributed by atoms with E-state index >= 15 is 0 Å². The van der Waals surface area contributed by atoms with Crippen molar-refractivity contribution in [1.82, 2.24) is 5.32 Å². The van der Waals surface area contributed by atoms with Crippen LogP contribution in [0.15, 0.2) is 22.7 Å². The highest BCUT2D eigenvalue weighted by molar-refractivity contribution is 9.10. The maximum Gasteiger partial charge on any atom is 0.330 e. The van der Waals surface area contributed by atoms with Gasteiger partial charge < -0.3 is 10.4 Å². The average molecular weight is 348 g/mol. The summed E-state index contributed by atoms with van der Waals surface area (Å²) in [5.41, 5.74) is -1.47. The molecule has 1 fully saturated rings. The summed E-state index contributed by atoms with van der Waals surface area (Å²) in [6, 6.07) is 4.17. The highest BCUT2D eigenvalue weighted by Gasteiger charge is 2.43. The summed E-state index contributed by atoms with van der Waals surface area (Å²) in [7, 11) is 0. The molecule has 0 aromatic heterocycles. The molecular weight excluding hydrogens is 337 g/mol. The Morgan fingerprint density at radius 1 is 1.47 bits per heavy atom. The van der Waals surface area contributed by atoms with E-state index in [1.807, 2.05) is 0 Å². The maximum absolute atomic E-state index is 13.7. The lowest BCUT2D eigenvalue weighted by Gasteiger charge is -2.24. The molecule has 0 saturated carbocycles. The number of hydrogen-bond donors (Lipinski definition) is 2. The fraction of sp³-hybridized carbons (Fsp3) is 0.333. The molecule has 1 atom stereocenters. The Kier molecular flexibility index (Phi) is 4.15. The highest BCUT2D eigenvalue weighted by Crippen LogP contribution is 2.29. The van der Waals surface area contributed by atoms with Gasteiger partial charge in [-0.2, -0.15) is 11.8 Å². The summed E-state index contributed by atoms with van der Waals surface area (Å²) >= 11 is 4.55. The van der Waals surface area contributed by atoms with Crippen molar-refractivity contribution in [3.05, 3.63) is 34.1 Å². The number of aliphatic carboxylic acids is 1. The fourth-order valence-corrected chi connectivity index (χ4v) is 3.73. The van der Waals surface area contributed by atoms with E-state index in [0.717, 1.165) is 6.07 Å². The van der Waals surface area contributed by atoms with E-state index in [1.165, 1.54) is 23.9 Å². The van der Waals surface area contributed by atoms with Gasteiger partial charge in [0.25, 0.3) is 5.91 Å². The molecule has 1 amide bonds. The van der Waals surface area contributed by atoms with Crippen molar-refractivity contribution in [1.29, 1.82) is 0 Å². The fourth-order valence-electron chi connectivity index (χ4n) is 1.88. The molecule has 1 aromatic rings. The second-order valence-corrected chi connectivity index (χ2v) is 6.20. The van der Waals surface area contributed by atoms with Gasteiger partial charge in [-0.25, -0.2) is 9.18 Å². The monoisotopic (exact) mass is 347 g/mol. The van der Waals surface area contributed by atoms with Crippen molar-refractivity contribution < 1.29 is 19.1 Å². The van der Waals surface area contributed by atoms with Gasteiger partial charge in [0.2, 0.25) is 0 Å². The van der Waals surface area contributed by atoms with E-state index in [1.54, 1.807) is 0 Å². The lowest BCUT2D eigenvalue weighted by molar-refractivity contribution is -0.143. The molecule has 1 aromatic carbocycles. The van der Waals surface area contributed by atoms with Gasteiger partial charge in [-0.15, -0.1) is 0 Å². The Hall–Kier alpha value is -1.08. The van der Waals surface area contributed by atoms with Gasteiger partial charge >= 0.3 is 5.97 Å². The average Bonchev–Trinajstić information content (AvgIpc) is 2.78. The number of benzene rings is 1. The zero-order valence-electron chi connectivity index (χ0n) is 9.78. The molecule has 0 bridgehead atoms. The molecule has 1 saturated heterocycles. The van der Waals surface area contributed by atoms with Crippen LogP contribution in [0, 0.1) is 5.82 Å². The molecule has 1 unspecified atom stereocenters. The smallest absolute Gasteiger partial charge is 0.330 e. The van der Waals surface area contributed by atoms with Gasteiger partial charge in [-0.1, -0.05) is 6.07 Å². The standard InChI is InChI=1S/C12H11BrFNO3S/c13-7-2-1-3-8(14)9(7)10(16)15-12(11(17)18)4-5-19-6-12/h1-3H,4-6H2,(H,15,16)(H,17,18). The van der Waals surface area contributed by atoms with E-state index < -0.39 is 23.2 Å². The molecule has 102 valence electrons. The third-order valence-corrected chi connectivity index (χ3v) is 4.82. The van der Waals surface area contributed by atoms with Crippen LogP contribution >= 0.6 is 27.7 Å². The van der Waals surface area contributed by atoms with E-state index in [2.05, 4.69) is 21.2 Å². The SMILES string of the molecule is O=C(NC1(C(=O)O)CCSC1)c1c(F)cccc1Br. The second kappa shape index (κ2) is 5.50. The van der Waals surface area contributed by atoms with Crippen LogP contribution in [-0.4, -0.2) is 34.0 Å². The first-order valence-electron chi connectivity index (χ1n) is 5.54. The molecule has 0 aliphatic carbocycles. The lowest BCUT2D eigenvalue weighted by atomic mass is 9.98. The quantitative estimate of drug-likeness (QED) is 0.880. The number of hydrogen-bond acceptors (Lipinski definition) is 3. The topological polar surface area (TPSA) is 66.4 Å². The lowest BCUT2D eigenvalue weighted by Crippen LogP contribution is -2.55. The van der Waals surface area contributed by atoms with Crippen LogP contribution in [0.4, 0.5) is 4.39 Å².